The molecule has 25 heavy (non-hydrogen) atoms. The smallest absolute Gasteiger partial charge is 0.339 e. The maximum atomic E-state index is 13.0. The third kappa shape index (κ3) is 3.74. The van der Waals surface area contributed by atoms with Crippen molar-refractivity contribution in [2.24, 2.45) is 0 Å². The van der Waals surface area contributed by atoms with E-state index < -0.39 is 12.1 Å². The Balaban J connectivity index is 1.74. The number of carbonyl (C=O) groups is 1. The highest BCUT2D eigenvalue weighted by atomic mass is 19.1. The maximum Gasteiger partial charge on any atom is 0.339 e. The summed E-state index contributed by atoms with van der Waals surface area (Å²) in [5, 5.41) is 7.83. The van der Waals surface area contributed by atoms with Crippen molar-refractivity contribution in [2.75, 3.05) is 0 Å². The normalized spacial score (nSPS) is 12.0. The van der Waals surface area contributed by atoms with E-state index in [2.05, 4.69) is 10.2 Å². The molecule has 1 heterocycles. The fourth-order valence-corrected chi connectivity index (χ4v) is 2.43. The van der Waals surface area contributed by atoms with Crippen LogP contribution >= 0.6 is 0 Å². The number of halogens is 1. The first kappa shape index (κ1) is 16.8. The van der Waals surface area contributed by atoms with Crippen molar-refractivity contribution < 1.29 is 18.3 Å². The Labute approximate surface area is 144 Å². The first-order valence-corrected chi connectivity index (χ1v) is 7.81. The van der Waals surface area contributed by atoms with E-state index in [1.807, 2.05) is 26.0 Å². The van der Waals surface area contributed by atoms with Crippen LogP contribution in [0.4, 0.5) is 4.39 Å². The Morgan fingerprint density at radius 1 is 1.12 bits per heavy atom. The third-order valence-corrected chi connectivity index (χ3v) is 3.77. The van der Waals surface area contributed by atoms with Crippen LogP contribution in [0.3, 0.4) is 0 Å². The molecule has 0 aliphatic carbocycles. The van der Waals surface area contributed by atoms with Gasteiger partial charge in [-0.05, 0) is 56.7 Å². The minimum atomic E-state index is -0.699. The van der Waals surface area contributed by atoms with Crippen molar-refractivity contribution in [1.29, 1.82) is 0 Å². The van der Waals surface area contributed by atoms with Crippen LogP contribution in [0, 0.1) is 19.7 Å². The minimum Gasteiger partial charge on any atom is -0.449 e. The van der Waals surface area contributed by atoms with Crippen molar-refractivity contribution in [2.45, 2.75) is 26.9 Å². The molecule has 5 nitrogen and oxygen atoms in total. The van der Waals surface area contributed by atoms with Gasteiger partial charge in [-0.1, -0.05) is 17.7 Å². The number of ether oxygens (including phenoxy) is 1. The molecule has 0 saturated carbocycles. The molecule has 0 amide bonds. The van der Waals surface area contributed by atoms with E-state index in [0.717, 1.165) is 11.1 Å². The SMILES string of the molecule is Cc1ccc(C(=O)O[C@H](C)c2nnc(-c3ccc(F)cc3)o2)c(C)c1. The van der Waals surface area contributed by atoms with Crippen LogP contribution in [0.25, 0.3) is 11.5 Å². The summed E-state index contributed by atoms with van der Waals surface area (Å²) in [6.07, 6.45) is -0.699. The molecule has 0 spiro atoms. The average Bonchev–Trinajstić information content (AvgIpc) is 3.05. The quantitative estimate of drug-likeness (QED) is 0.658. The second kappa shape index (κ2) is 6.84. The monoisotopic (exact) mass is 340 g/mol. The van der Waals surface area contributed by atoms with Gasteiger partial charge in [-0.2, -0.15) is 0 Å². The van der Waals surface area contributed by atoms with E-state index in [1.54, 1.807) is 25.1 Å². The van der Waals surface area contributed by atoms with Gasteiger partial charge in [0.05, 0.1) is 5.56 Å². The summed E-state index contributed by atoms with van der Waals surface area (Å²) < 4.78 is 23.9. The minimum absolute atomic E-state index is 0.178. The Kier molecular flexibility index (Phi) is 4.61. The lowest BCUT2D eigenvalue weighted by Gasteiger charge is -2.11. The first-order chi connectivity index (χ1) is 11.9. The van der Waals surface area contributed by atoms with Gasteiger partial charge in [-0.15, -0.1) is 10.2 Å². The van der Waals surface area contributed by atoms with Crippen molar-refractivity contribution in [3.63, 3.8) is 0 Å². The Hall–Kier alpha value is -3.02. The molecule has 0 radical (unpaired) electrons. The molecular formula is C19H17FN2O3. The largest absolute Gasteiger partial charge is 0.449 e. The van der Waals surface area contributed by atoms with Crippen LogP contribution in [0.15, 0.2) is 46.9 Å². The van der Waals surface area contributed by atoms with Crippen LogP contribution in [-0.2, 0) is 4.74 Å². The number of rotatable bonds is 4. The number of hydrogen-bond acceptors (Lipinski definition) is 5. The van der Waals surface area contributed by atoms with Gasteiger partial charge in [0.25, 0.3) is 5.89 Å². The summed E-state index contributed by atoms with van der Waals surface area (Å²) >= 11 is 0. The van der Waals surface area contributed by atoms with E-state index in [4.69, 9.17) is 9.15 Å². The zero-order chi connectivity index (χ0) is 18.0. The molecule has 3 aromatic rings. The molecule has 0 fully saturated rings. The lowest BCUT2D eigenvalue weighted by molar-refractivity contribution is 0.0279. The molecule has 0 bridgehead atoms. The van der Waals surface area contributed by atoms with Crippen LogP contribution in [0.2, 0.25) is 0 Å². The molecule has 3 rings (SSSR count). The number of carbonyl (C=O) groups excluding carboxylic acids is 1. The molecule has 128 valence electrons. The van der Waals surface area contributed by atoms with Gasteiger partial charge in [0.15, 0.2) is 6.10 Å². The molecule has 1 atom stereocenters. The third-order valence-electron chi connectivity index (χ3n) is 3.77. The van der Waals surface area contributed by atoms with Gasteiger partial charge < -0.3 is 9.15 Å². The molecule has 0 aliphatic heterocycles. The standard InChI is InChI=1S/C19H17FN2O3/c1-11-4-9-16(12(2)10-11)19(23)24-13(3)17-21-22-18(25-17)14-5-7-15(20)8-6-14/h4-10,13H,1-3H3/t13-/m1/s1. The summed E-state index contributed by atoms with van der Waals surface area (Å²) in [5.74, 6) is -0.382. The summed E-state index contributed by atoms with van der Waals surface area (Å²) in [6.45, 7) is 5.47. The van der Waals surface area contributed by atoms with E-state index in [0.29, 0.717) is 11.1 Å². The Bertz CT molecular complexity index is 903. The summed E-state index contributed by atoms with van der Waals surface area (Å²) in [6, 6.07) is 11.2. The number of benzene rings is 2. The van der Waals surface area contributed by atoms with Gasteiger partial charge in [0, 0.05) is 5.56 Å². The molecule has 0 saturated heterocycles. The first-order valence-electron chi connectivity index (χ1n) is 7.81. The molecule has 1 aromatic heterocycles. The highest BCUT2D eigenvalue weighted by Gasteiger charge is 2.21. The second-order valence-electron chi connectivity index (χ2n) is 5.82. The molecule has 0 unspecified atom stereocenters. The van der Waals surface area contributed by atoms with Gasteiger partial charge in [-0.3, -0.25) is 0 Å². The molecular weight excluding hydrogens is 323 g/mol. The van der Waals surface area contributed by atoms with E-state index >= 15 is 0 Å². The van der Waals surface area contributed by atoms with E-state index in [9.17, 15) is 9.18 Å². The maximum absolute atomic E-state index is 13.0. The highest BCUT2D eigenvalue weighted by Crippen LogP contribution is 2.24. The van der Waals surface area contributed by atoms with Crippen LogP contribution in [0.1, 0.15) is 40.4 Å². The van der Waals surface area contributed by atoms with Crippen molar-refractivity contribution >= 4 is 5.97 Å². The summed E-state index contributed by atoms with van der Waals surface area (Å²) in [7, 11) is 0. The lowest BCUT2D eigenvalue weighted by Crippen LogP contribution is -2.11. The fourth-order valence-electron chi connectivity index (χ4n) is 2.43. The van der Waals surface area contributed by atoms with Crippen molar-refractivity contribution in [1.82, 2.24) is 10.2 Å². The highest BCUT2D eigenvalue weighted by molar-refractivity contribution is 5.91. The lowest BCUT2D eigenvalue weighted by atomic mass is 10.1. The van der Waals surface area contributed by atoms with Crippen LogP contribution in [0.5, 0.6) is 0 Å². The predicted molar refractivity (Wildman–Crippen MR) is 89.4 cm³/mol. The summed E-state index contributed by atoms with van der Waals surface area (Å²) in [4.78, 5) is 12.3. The van der Waals surface area contributed by atoms with Gasteiger partial charge in [-0.25, -0.2) is 9.18 Å². The number of aryl methyl sites for hydroxylation is 2. The van der Waals surface area contributed by atoms with Gasteiger partial charge >= 0.3 is 5.97 Å². The van der Waals surface area contributed by atoms with E-state index in [-0.39, 0.29) is 17.6 Å². The zero-order valence-corrected chi connectivity index (χ0v) is 14.1. The van der Waals surface area contributed by atoms with Crippen molar-refractivity contribution in [3.05, 3.63) is 70.9 Å². The molecule has 6 heteroatoms. The van der Waals surface area contributed by atoms with Crippen molar-refractivity contribution in [3.8, 4) is 11.5 Å². The summed E-state index contributed by atoms with van der Waals surface area (Å²) in [5.41, 5.74) is 3.00. The van der Waals surface area contributed by atoms with E-state index in [1.165, 1.54) is 12.1 Å². The second-order valence-corrected chi connectivity index (χ2v) is 5.82. The number of hydrogen-bond donors (Lipinski definition) is 0. The molecule has 0 aliphatic rings. The Morgan fingerprint density at radius 2 is 1.84 bits per heavy atom. The fraction of sp³-hybridized carbons (Fsp3) is 0.211. The predicted octanol–water partition coefficient (Wildman–Crippen LogP) is 4.41. The number of esters is 1. The number of aromatic nitrogens is 2. The number of nitrogens with zero attached hydrogens (tertiary/aromatic N) is 2. The van der Waals surface area contributed by atoms with Crippen LogP contribution in [-0.4, -0.2) is 16.2 Å². The average molecular weight is 340 g/mol. The molecule has 2 aromatic carbocycles. The van der Waals surface area contributed by atoms with Gasteiger partial charge in [0.1, 0.15) is 5.82 Å². The van der Waals surface area contributed by atoms with Crippen LogP contribution < -0.4 is 0 Å². The molecule has 0 N–H and O–H groups in total. The topological polar surface area (TPSA) is 65.2 Å². The zero-order valence-electron chi connectivity index (χ0n) is 14.1. The van der Waals surface area contributed by atoms with Gasteiger partial charge in [0.2, 0.25) is 5.89 Å². The Morgan fingerprint density at radius 3 is 2.52 bits per heavy atom.